The molecule has 1 aliphatic rings. The van der Waals surface area contributed by atoms with Crippen molar-refractivity contribution in [3.63, 3.8) is 0 Å². The molecule has 0 spiro atoms. The fourth-order valence-electron chi connectivity index (χ4n) is 2.56. The minimum atomic E-state index is -0.0328. The van der Waals surface area contributed by atoms with E-state index in [1.54, 1.807) is 19.1 Å². The maximum atomic E-state index is 11.8. The molecule has 1 amide bonds. The van der Waals surface area contributed by atoms with E-state index in [-0.39, 0.29) is 17.8 Å². The lowest BCUT2D eigenvalue weighted by atomic mass is 9.93. The lowest BCUT2D eigenvalue weighted by Crippen LogP contribution is -2.39. The summed E-state index contributed by atoms with van der Waals surface area (Å²) in [6.45, 7) is 2.70. The van der Waals surface area contributed by atoms with Crippen LogP contribution in [0, 0.1) is 0 Å². The topological polar surface area (TPSA) is 38.8 Å². The van der Waals surface area contributed by atoms with Crippen molar-refractivity contribution in [2.45, 2.75) is 19.4 Å². The SMILES string of the molecule is COc1cc2c(cc1OC)C(C)N(C(=O)CCl)CC2. The molecular formula is C14H18ClNO3. The zero-order valence-corrected chi connectivity index (χ0v) is 12.2. The van der Waals surface area contributed by atoms with E-state index in [2.05, 4.69) is 0 Å². The highest BCUT2D eigenvalue weighted by atomic mass is 35.5. The minimum absolute atomic E-state index is 0.00908. The summed E-state index contributed by atoms with van der Waals surface area (Å²) in [5.74, 6) is 1.40. The van der Waals surface area contributed by atoms with Crippen LogP contribution >= 0.6 is 11.6 Å². The molecule has 0 bridgehead atoms. The highest BCUT2D eigenvalue weighted by Gasteiger charge is 2.28. The summed E-state index contributed by atoms with van der Waals surface area (Å²) < 4.78 is 10.6. The third kappa shape index (κ3) is 2.50. The van der Waals surface area contributed by atoms with E-state index in [0.717, 1.165) is 17.7 Å². The molecule has 0 saturated heterocycles. The van der Waals surface area contributed by atoms with Gasteiger partial charge >= 0.3 is 0 Å². The Bertz CT molecular complexity index is 490. The molecule has 19 heavy (non-hydrogen) atoms. The first-order valence-electron chi connectivity index (χ1n) is 6.22. The molecule has 0 N–H and O–H groups in total. The summed E-state index contributed by atoms with van der Waals surface area (Å²) in [7, 11) is 3.24. The van der Waals surface area contributed by atoms with Crippen molar-refractivity contribution in [3.8, 4) is 11.5 Å². The molecule has 1 unspecified atom stereocenters. The second kappa shape index (κ2) is 5.70. The van der Waals surface area contributed by atoms with Crippen LogP contribution in [0.15, 0.2) is 12.1 Å². The van der Waals surface area contributed by atoms with Gasteiger partial charge in [-0.25, -0.2) is 0 Å². The van der Waals surface area contributed by atoms with Crippen molar-refractivity contribution >= 4 is 17.5 Å². The third-order valence-electron chi connectivity index (χ3n) is 3.62. The summed E-state index contributed by atoms with van der Waals surface area (Å²) in [5, 5.41) is 0. The molecule has 0 aromatic heterocycles. The van der Waals surface area contributed by atoms with Crippen molar-refractivity contribution in [3.05, 3.63) is 23.3 Å². The van der Waals surface area contributed by atoms with Gasteiger partial charge in [0.15, 0.2) is 11.5 Å². The predicted octanol–water partition coefficient (Wildman–Crippen LogP) is 2.39. The van der Waals surface area contributed by atoms with E-state index in [1.165, 1.54) is 5.56 Å². The second-order valence-corrected chi connectivity index (χ2v) is 4.82. The van der Waals surface area contributed by atoms with Crippen molar-refractivity contribution < 1.29 is 14.3 Å². The van der Waals surface area contributed by atoms with Gasteiger partial charge < -0.3 is 14.4 Å². The number of carbonyl (C=O) groups is 1. The van der Waals surface area contributed by atoms with E-state index in [4.69, 9.17) is 21.1 Å². The molecule has 5 heteroatoms. The zero-order chi connectivity index (χ0) is 14.0. The summed E-state index contributed by atoms with van der Waals surface area (Å²) in [5.41, 5.74) is 2.30. The molecule has 2 rings (SSSR count). The van der Waals surface area contributed by atoms with Crippen molar-refractivity contribution in [2.75, 3.05) is 26.6 Å². The largest absolute Gasteiger partial charge is 0.493 e. The van der Waals surface area contributed by atoms with Crippen LogP contribution < -0.4 is 9.47 Å². The molecule has 1 aliphatic heterocycles. The summed E-state index contributed by atoms with van der Waals surface area (Å²) in [6, 6.07) is 3.95. The molecule has 1 heterocycles. The quantitative estimate of drug-likeness (QED) is 0.800. The average molecular weight is 284 g/mol. The Morgan fingerprint density at radius 2 is 2.00 bits per heavy atom. The van der Waals surface area contributed by atoms with Crippen LogP contribution in [0.4, 0.5) is 0 Å². The first kappa shape index (κ1) is 14.0. The Morgan fingerprint density at radius 3 is 2.58 bits per heavy atom. The predicted molar refractivity (Wildman–Crippen MR) is 74.1 cm³/mol. The first-order chi connectivity index (χ1) is 9.12. The lowest BCUT2D eigenvalue weighted by molar-refractivity contribution is -0.131. The van der Waals surface area contributed by atoms with Gasteiger partial charge in [-0.05, 0) is 36.6 Å². The number of methoxy groups -OCH3 is 2. The highest BCUT2D eigenvalue weighted by molar-refractivity contribution is 6.27. The van der Waals surface area contributed by atoms with Gasteiger partial charge in [0.05, 0.1) is 20.3 Å². The van der Waals surface area contributed by atoms with Gasteiger partial charge in [0.25, 0.3) is 0 Å². The third-order valence-corrected chi connectivity index (χ3v) is 3.85. The van der Waals surface area contributed by atoms with Gasteiger partial charge in [0, 0.05) is 6.54 Å². The number of ether oxygens (including phenoxy) is 2. The second-order valence-electron chi connectivity index (χ2n) is 4.55. The van der Waals surface area contributed by atoms with Crippen LogP contribution in [0.5, 0.6) is 11.5 Å². The Labute approximate surface area is 118 Å². The number of benzene rings is 1. The van der Waals surface area contributed by atoms with Crippen molar-refractivity contribution in [1.82, 2.24) is 4.90 Å². The number of nitrogens with zero attached hydrogens (tertiary/aromatic N) is 1. The van der Waals surface area contributed by atoms with E-state index in [0.29, 0.717) is 12.3 Å². The van der Waals surface area contributed by atoms with E-state index >= 15 is 0 Å². The lowest BCUT2D eigenvalue weighted by Gasteiger charge is -2.35. The minimum Gasteiger partial charge on any atom is -0.493 e. The number of carbonyl (C=O) groups excluding carboxylic acids is 1. The molecule has 104 valence electrons. The number of amides is 1. The Morgan fingerprint density at radius 1 is 1.37 bits per heavy atom. The summed E-state index contributed by atoms with van der Waals surface area (Å²) in [4.78, 5) is 13.6. The highest BCUT2D eigenvalue weighted by Crippen LogP contribution is 2.37. The number of hydrogen-bond acceptors (Lipinski definition) is 3. The Kier molecular flexibility index (Phi) is 4.20. The van der Waals surface area contributed by atoms with Crippen LogP contribution in [-0.4, -0.2) is 37.5 Å². The van der Waals surface area contributed by atoms with Crippen LogP contribution in [0.25, 0.3) is 0 Å². The fraction of sp³-hybridized carbons (Fsp3) is 0.500. The molecule has 1 aromatic carbocycles. The number of alkyl halides is 1. The molecular weight excluding hydrogens is 266 g/mol. The summed E-state index contributed by atoms with van der Waals surface area (Å²) in [6.07, 6.45) is 0.808. The number of halogens is 1. The molecule has 0 radical (unpaired) electrons. The molecule has 4 nitrogen and oxygen atoms in total. The van der Waals surface area contributed by atoms with Gasteiger partial charge in [0.1, 0.15) is 5.88 Å². The molecule has 1 aromatic rings. The van der Waals surface area contributed by atoms with Crippen molar-refractivity contribution in [1.29, 1.82) is 0 Å². The molecule has 0 fully saturated rings. The van der Waals surface area contributed by atoms with Crippen LogP contribution in [-0.2, 0) is 11.2 Å². The van der Waals surface area contributed by atoms with Crippen LogP contribution in [0.3, 0.4) is 0 Å². The van der Waals surface area contributed by atoms with Gasteiger partial charge in [0.2, 0.25) is 5.91 Å². The van der Waals surface area contributed by atoms with Gasteiger partial charge in [-0.15, -0.1) is 11.6 Å². The average Bonchev–Trinajstić information content (AvgIpc) is 2.45. The molecule has 0 saturated carbocycles. The maximum absolute atomic E-state index is 11.8. The fourth-order valence-corrected chi connectivity index (χ4v) is 2.72. The smallest absolute Gasteiger partial charge is 0.238 e. The van der Waals surface area contributed by atoms with Gasteiger partial charge in [-0.3, -0.25) is 4.79 Å². The van der Waals surface area contributed by atoms with Gasteiger partial charge in [-0.1, -0.05) is 0 Å². The summed E-state index contributed by atoms with van der Waals surface area (Å²) >= 11 is 5.65. The maximum Gasteiger partial charge on any atom is 0.238 e. The standard InChI is InChI=1S/C14H18ClNO3/c1-9-11-7-13(19-3)12(18-2)6-10(11)4-5-16(9)14(17)8-15/h6-7,9H,4-5,8H2,1-3H3. The van der Waals surface area contributed by atoms with E-state index < -0.39 is 0 Å². The van der Waals surface area contributed by atoms with Crippen LogP contribution in [0.1, 0.15) is 24.1 Å². The van der Waals surface area contributed by atoms with Crippen LogP contribution in [0.2, 0.25) is 0 Å². The normalized spacial score (nSPS) is 17.9. The van der Waals surface area contributed by atoms with E-state index in [1.807, 2.05) is 19.1 Å². The van der Waals surface area contributed by atoms with E-state index in [9.17, 15) is 4.79 Å². The number of fused-ring (bicyclic) bond motifs is 1. The Balaban J connectivity index is 2.40. The Hall–Kier alpha value is -1.42. The molecule has 1 atom stereocenters. The first-order valence-corrected chi connectivity index (χ1v) is 6.76. The number of hydrogen-bond donors (Lipinski definition) is 0. The zero-order valence-electron chi connectivity index (χ0n) is 11.4. The van der Waals surface area contributed by atoms with Crippen molar-refractivity contribution in [2.24, 2.45) is 0 Å². The van der Waals surface area contributed by atoms with Gasteiger partial charge in [-0.2, -0.15) is 0 Å². The number of rotatable bonds is 3. The monoisotopic (exact) mass is 283 g/mol. The molecule has 0 aliphatic carbocycles.